The topological polar surface area (TPSA) is 96.5 Å². The SMILES string of the molecule is COC(=O)c1ccc(NC(=O)NNC(=O)c2ccccc2)cc1. The van der Waals surface area contributed by atoms with E-state index < -0.39 is 17.9 Å². The number of methoxy groups -OCH3 is 1. The van der Waals surface area contributed by atoms with Crippen LogP contribution in [0.15, 0.2) is 54.6 Å². The van der Waals surface area contributed by atoms with Crippen molar-refractivity contribution < 1.29 is 19.1 Å². The second kappa shape index (κ2) is 7.60. The smallest absolute Gasteiger partial charge is 0.337 e. The van der Waals surface area contributed by atoms with Gasteiger partial charge >= 0.3 is 12.0 Å². The number of carbonyl (C=O) groups is 3. The Morgan fingerprint density at radius 3 is 2.09 bits per heavy atom. The number of hydrazine groups is 1. The third-order valence-corrected chi connectivity index (χ3v) is 2.89. The van der Waals surface area contributed by atoms with Gasteiger partial charge in [-0.3, -0.25) is 10.2 Å². The first-order valence-corrected chi connectivity index (χ1v) is 6.71. The van der Waals surface area contributed by atoms with Crippen molar-refractivity contribution in [1.29, 1.82) is 0 Å². The molecule has 0 aliphatic rings. The summed E-state index contributed by atoms with van der Waals surface area (Å²) in [5.41, 5.74) is 5.78. The minimum absolute atomic E-state index is 0.371. The molecular formula is C16H15N3O4. The summed E-state index contributed by atoms with van der Waals surface area (Å²) in [4.78, 5) is 34.7. The summed E-state index contributed by atoms with van der Waals surface area (Å²) >= 11 is 0. The van der Waals surface area contributed by atoms with Gasteiger partial charge in [0, 0.05) is 11.3 Å². The number of hydrogen-bond donors (Lipinski definition) is 3. The van der Waals surface area contributed by atoms with Gasteiger partial charge in [0.1, 0.15) is 0 Å². The number of carbonyl (C=O) groups excluding carboxylic acids is 3. The van der Waals surface area contributed by atoms with Gasteiger partial charge in [-0.25, -0.2) is 15.0 Å². The molecule has 3 amide bonds. The fourth-order valence-electron chi connectivity index (χ4n) is 1.75. The second-order valence-corrected chi connectivity index (χ2v) is 4.47. The van der Waals surface area contributed by atoms with Gasteiger partial charge < -0.3 is 10.1 Å². The van der Waals surface area contributed by atoms with Crippen LogP contribution >= 0.6 is 0 Å². The lowest BCUT2D eigenvalue weighted by Gasteiger charge is -2.09. The standard InChI is InChI=1S/C16H15N3O4/c1-23-15(21)12-7-9-13(10-8-12)17-16(22)19-18-14(20)11-5-3-2-4-6-11/h2-10H,1H3,(H,18,20)(H2,17,19,22). The van der Waals surface area contributed by atoms with Gasteiger partial charge in [-0.15, -0.1) is 0 Å². The average Bonchev–Trinajstić information content (AvgIpc) is 2.60. The van der Waals surface area contributed by atoms with Crippen LogP contribution in [0.2, 0.25) is 0 Å². The molecule has 3 N–H and O–H groups in total. The maximum atomic E-state index is 11.7. The van der Waals surface area contributed by atoms with Crippen LogP contribution in [0.25, 0.3) is 0 Å². The van der Waals surface area contributed by atoms with Crippen LogP contribution in [0.5, 0.6) is 0 Å². The Kier molecular flexibility index (Phi) is 5.30. The number of amides is 3. The summed E-state index contributed by atoms with van der Waals surface area (Å²) in [5, 5.41) is 2.52. The molecule has 0 atom stereocenters. The predicted molar refractivity (Wildman–Crippen MR) is 83.8 cm³/mol. The van der Waals surface area contributed by atoms with E-state index in [4.69, 9.17) is 0 Å². The van der Waals surface area contributed by atoms with Crippen molar-refractivity contribution in [3.63, 3.8) is 0 Å². The van der Waals surface area contributed by atoms with E-state index in [1.165, 1.54) is 19.2 Å². The average molecular weight is 313 g/mol. The van der Waals surface area contributed by atoms with Crippen molar-refractivity contribution in [2.24, 2.45) is 0 Å². The van der Waals surface area contributed by atoms with Crippen molar-refractivity contribution in [2.75, 3.05) is 12.4 Å². The molecule has 0 aromatic heterocycles. The lowest BCUT2D eigenvalue weighted by molar-refractivity contribution is 0.0600. The van der Waals surface area contributed by atoms with E-state index in [0.29, 0.717) is 16.8 Å². The first-order chi connectivity index (χ1) is 11.1. The minimum atomic E-state index is -0.611. The van der Waals surface area contributed by atoms with E-state index >= 15 is 0 Å². The van der Waals surface area contributed by atoms with Crippen LogP contribution in [0, 0.1) is 0 Å². The quantitative estimate of drug-likeness (QED) is 0.596. The molecule has 2 aromatic rings. The first kappa shape index (κ1) is 16.0. The van der Waals surface area contributed by atoms with Crippen molar-refractivity contribution >= 4 is 23.6 Å². The Morgan fingerprint density at radius 1 is 0.826 bits per heavy atom. The molecule has 0 radical (unpaired) electrons. The summed E-state index contributed by atoms with van der Waals surface area (Å²) in [6.45, 7) is 0. The molecule has 118 valence electrons. The van der Waals surface area contributed by atoms with Gasteiger partial charge in [-0.2, -0.15) is 0 Å². The number of nitrogens with one attached hydrogen (secondary N) is 3. The number of benzene rings is 2. The maximum Gasteiger partial charge on any atom is 0.337 e. The molecule has 0 unspecified atom stereocenters. The molecule has 0 saturated heterocycles. The molecule has 0 bridgehead atoms. The zero-order valence-electron chi connectivity index (χ0n) is 12.3. The number of esters is 1. The molecule has 7 nitrogen and oxygen atoms in total. The highest BCUT2D eigenvalue weighted by atomic mass is 16.5. The van der Waals surface area contributed by atoms with Crippen molar-refractivity contribution in [3.05, 3.63) is 65.7 Å². The third kappa shape index (κ3) is 4.57. The van der Waals surface area contributed by atoms with Gasteiger partial charge in [0.2, 0.25) is 0 Å². The van der Waals surface area contributed by atoms with E-state index in [1.54, 1.807) is 42.5 Å². The number of rotatable bonds is 3. The Hall–Kier alpha value is -3.35. The Labute approximate surface area is 132 Å². The highest BCUT2D eigenvalue weighted by Crippen LogP contribution is 2.10. The van der Waals surface area contributed by atoms with Crippen molar-refractivity contribution in [3.8, 4) is 0 Å². The van der Waals surface area contributed by atoms with Crippen LogP contribution in [-0.2, 0) is 4.74 Å². The molecule has 0 heterocycles. The predicted octanol–water partition coefficient (Wildman–Crippen LogP) is 1.94. The minimum Gasteiger partial charge on any atom is -0.465 e. The fraction of sp³-hybridized carbons (Fsp3) is 0.0625. The molecule has 7 heteroatoms. The maximum absolute atomic E-state index is 11.7. The van der Waals surface area contributed by atoms with Gasteiger partial charge in [-0.05, 0) is 36.4 Å². The van der Waals surface area contributed by atoms with Gasteiger partial charge in [0.05, 0.1) is 12.7 Å². The van der Waals surface area contributed by atoms with Gasteiger partial charge in [0.15, 0.2) is 0 Å². The highest BCUT2D eigenvalue weighted by Gasteiger charge is 2.08. The molecule has 0 saturated carbocycles. The highest BCUT2D eigenvalue weighted by molar-refractivity contribution is 5.97. The van der Waals surface area contributed by atoms with Crippen LogP contribution in [-0.4, -0.2) is 25.0 Å². The van der Waals surface area contributed by atoms with Crippen LogP contribution in [0.3, 0.4) is 0 Å². The third-order valence-electron chi connectivity index (χ3n) is 2.89. The summed E-state index contributed by atoms with van der Waals surface area (Å²) in [5.74, 6) is -0.891. The van der Waals surface area contributed by atoms with Crippen molar-refractivity contribution in [2.45, 2.75) is 0 Å². The molecule has 0 aliphatic carbocycles. The normalized spacial score (nSPS) is 9.61. The largest absolute Gasteiger partial charge is 0.465 e. The molecule has 0 spiro atoms. The Balaban J connectivity index is 1.85. The lowest BCUT2D eigenvalue weighted by Crippen LogP contribution is -2.43. The van der Waals surface area contributed by atoms with E-state index in [-0.39, 0.29) is 0 Å². The number of hydrogen-bond acceptors (Lipinski definition) is 4. The van der Waals surface area contributed by atoms with E-state index in [2.05, 4.69) is 20.9 Å². The molecule has 2 rings (SSSR count). The van der Waals surface area contributed by atoms with E-state index in [1.807, 2.05) is 0 Å². The number of urea groups is 1. The summed E-state index contributed by atoms with van der Waals surface area (Å²) in [7, 11) is 1.29. The van der Waals surface area contributed by atoms with E-state index in [9.17, 15) is 14.4 Å². The van der Waals surface area contributed by atoms with Gasteiger partial charge in [0.25, 0.3) is 5.91 Å². The van der Waals surface area contributed by atoms with Crippen LogP contribution < -0.4 is 16.2 Å². The molecule has 0 fully saturated rings. The zero-order chi connectivity index (χ0) is 16.7. The fourth-order valence-corrected chi connectivity index (χ4v) is 1.75. The first-order valence-electron chi connectivity index (χ1n) is 6.71. The summed E-state index contributed by atoms with van der Waals surface area (Å²) < 4.78 is 4.58. The molecular weight excluding hydrogens is 298 g/mol. The summed E-state index contributed by atoms with van der Waals surface area (Å²) in [6.07, 6.45) is 0. The number of anilines is 1. The summed E-state index contributed by atoms with van der Waals surface area (Å²) in [6, 6.07) is 14.0. The molecule has 0 aliphatic heterocycles. The van der Waals surface area contributed by atoms with Crippen LogP contribution in [0.1, 0.15) is 20.7 Å². The van der Waals surface area contributed by atoms with Gasteiger partial charge in [-0.1, -0.05) is 18.2 Å². The second-order valence-electron chi connectivity index (χ2n) is 4.47. The van der Waals surface area contributed by atoms with Crippen LogP contribution in [0.4, 0.5) is 10.5 Å². The molecule has 2 aromatic carbocycles. The molecule has 23 heavy (non-hydrogen) atoms. The Bertz CT molecular complexity index is 699. The lowest BCUT2D eigenvalue weighted by atomic mass is 10.2. The zero-order valence-corrected chi connectivity index (χ0v) is 12.3. The Morgan fingerprint density at radius 2 is 1.48 bits per heavy atom. The monoisotopic (exact) mass is 313 g/mol. The number of ether oxygens (including phenoxy) is 1. The van der Waals surface area contributed by atoms with E-state index in [0.717, 1.165) is 0 Å². The van der Waals surface area contributed by atoms with Crippen molar-refractivity contribution in [1.82, 2.24) is 10.9 Å².